The summed E-state index contributed by atoms with van der Waals surface area (Å²) in [5, 5.41) is 23.0. The summed E-state index contributed by atoms with van der Waals surface area (Å²) in [4.78, 5) is 17.4. The summed E-state index contributed by atoms with van der Waals surface area (Å²) < 4.78 is 16.0. The van der Waals surface area contributed by atoms with E-state index in [0.717, 1.165) is 27.6 Å². The van der Waals surface area contributed by atoms with Crippen LogP contribution in [-0.2, 0) is 6.54 Å². The highest BCUT2D eigenvalue weighted by atomic mass is 19.1. The second-order valence-electron chi connectivity index (χ2n) is 8.46. The van der Waals surface area contributed by atoms with Crippen LogP contribution in [-0.4, -0.2) is 37.6 Å². The third-order valence-corrected chi connectivity index (χ3v) is 6.07. The van der Waals surface area contributed by atoms with Gasteiger partial charge in [-0.25, -0.2) is 9.07 Å². The van der Waals surface area contributed by atoms with Crippen LogP contribution < -0.4 is 5.32 Å². The predicted molar refractivity (Wildman–Crippen MR) is 135 cm³/mol. The molecule has 2 aromatic heterocycles. The molecule has 2 N–H and O–H groups in total. The molecule has 0 radical (unpaired) electrons. The maximum absolute atomic E-state index is 14.4. The largest absolute Gasteiger partial charge is 0.396 e. The molecule has 3 aromatic carbocycles. The molecule has 1 atom stereocenters. The molecule has 1 unspecified atom stereocenters. The fourth-order valence-electron chi connectivity index (χ4n) is 4.23. The fraction of sp³-hybridized carbons (Fsp3) is 0.143. The summed E-state index contributed by atoms with van der Waals surface area (Å²) in [6, 6.07) is 20.8. The van der Waals surface area contributed by atoms with E-state index in [0.29, 0.717) is 17.7 Å². The number of nitrogens with one attached hydrogen (secondary N) is 1. The van der Waals surface area contributed by atoms with Gasteiger partial charge in [0.1, 0.15) is 11.5 Å². The Balaban J connectivity index is 1.36. The van der Waals surface area contributed by atoms with E-state index in [9.17, 15) is 14.3 Å². The van der Waals surface area contributed by atoms with Gasteiger partial charge in [0.25, 0.3) is 5.91 Å². The number of carbonyl (C=O) groups is 1. The zero-order valence-corrected chi connectivity index (χ0v) is 19.4. The molecule has 8 heteroatoms. The Morgan fingerprint density at radius 1 is 1.03 bits per heavy atom. The number of pyridine rings is 1. The van der Waals surface area contributed by atoms with Crippen molar-refractivity contribution in [3.63, 3.8) is 0 Å². The smallest absolute Gasteiger partial charge is 0.252 e. The van der Waals surface area contributed by atoms with Crippen molar-refractivity contribution in [1.82, 2.24) is 25.3 Å². The van der Waals surface area contributed by atoms with Gasteiger partial charge in [0.05, 0.1) is 18.8 Å². The van der Waals surface area contributed by atoms with Crippen molar-refractivity contribution in [2.75, 3.05) is 6.61 Å². The van der Waals surface area contributed by atoms with E-state index in [2.05, 4.69) is 20.6 Å². The van der Waals surface area contributed by atoms with E-state index >= 15 is 0 Å². The third-order valence-electron chi connectivity index (χ3n) is 6.07. The SMILES string of the molecule is O=C(NC(CCO)c1ccccc1F)c1ccccc1Cn1cc(-c2ccc3cnccc3c2)nn1. The third kappa shape index (κ3) is 4.99. The summed E-state index contributed by atoms with van der Waals surface area (Å²) in [5.41, 5.74) is 3.18. The number of aliphatic hydroxyl groups excluding tert-OH is 1. The molecule has 2 heterocycles. The van der Waals surface area contributed by atoms with Gasteiger partial charge in [-0.15, -0.1) is 5.10 Å². The molecule has 0 aliphatic heterocycles. The van der Waals surface area contributed by atoms with Crippen molar-refractivity contribution < 1.29 is 14.3 Å². The van der Waals surface area contributed by atoms with E-state index in [1.54, 1.807) is 41.2 Å². The monoisotopic (exact) mass is 481 g/mol. The predicted octanol–water partition coefficient (Wildman–Crippen LogP) is 4.53. The number of rotatable bonds is 8. The number of fused-ring (bicyclic) bond motifs is 1. The molecular formula is C28H24FN5O2. The van der Waals surface area contributed by atoms with Crippen LogP contribution in [0, 0.1) is 5.82 Å². The minimum Gasteiger partial charge on any atom is -0.396 e. The van der Waals surface area contributed by atoms with E-state index in [4.69, 9.17) is 0 Å². The second kappa shape index (κ2) is 10.5. The Kier molecular flexibility index (Phi) is 6.77. The highest BCUT2D eigenvalue weighted by Gasteiger charge is 2.20. The molecule has 0 aliphatic carbocycles. The number of aromatic nitrogens is 4. The molecule has 36 heavy (non-hydrogen) atoms. The van der Waals surface area contributed by atoms with Crippen molar-refractivity contribution in [3.8, 4) is 11.3 Å². The maximum Gasteiger partial charge on any atom is 0.252 e. The molecule has 0 saturated carbocycles. The number of aliphatic hydroxyl groups is 1. The Morgan fingerprint density at radius 2 is 1.86 bits per heavy atom. The van der Waals surface area contributed by atoms with Crippen molar-refractivity contribution in [3.05, 3.63) is 114 Å². The Hall–Kier alpha value is -4.43. The lowest BCUT2D eigenvalue weighted by Crippen LogP contribution is -2.30. The standard InChI is InChI=1S/C28H24FN5O2/c29-25-8-4-3-7-24(25)26(12-14-35)31-28(36)23-6-2-1-5-22(23)17-34-18-27(32-33-34)20-9-10-21-16-30-13-11-19(21)15-20/h1-11,13,15-16,18,26,35H,12,14,17H2,(H,31,36). The van der Waals surface area contributed by atoms with Gasteiger partial charge < -0.3 is 10.4 Å². The molecule has 0 bridgehead atoms. The molecule has 5 rings (SSSR count). The Morgan fingerprint density at radius 3 is 2.72 bits per heavy atom. The molecule has 0 spiro atoms. The summed E-state index contributed by atoms with van der Waals surface area (Å²) in [6.45, 7) is 0.145. The number of benzene rings is 3. The van der Waals surface area contributed by atoms with Crippen molar-refractivity contribution in [1.29, 1.82) is 0 Å². The van der Waals surface area contributed by atoms with Gasteiger partial charge in [-0.05, 0) is 41.6 Å². The lowest BCUT2D eigenvalue weighted by molar-refractivity contribution is 0.0928. The lowest BCUT2D eigenvalue weighted by atomic mass is 10.0. The molecule has 0 fully saturated rings. The number of nitrogens with zero attached hydrogens (tertiary/aromatic N) is 4. The molecular weight excluding hydrogens is 457 g/mol. The van der Waals surface area contributed by atoms with E-state index in [1.165, 1.54) is 6.07 Å². The van der Waals surface area contributed by atoms with Crippen molar-refractivity contribution in [2.24, 2.45) is 0 Å². The van der Waals surface area contributed by atoms with Crippen LogP contribution >= 0.6 is 0 Å². The molecule has 0 aliphatic rings. The zero-order valence-electron chi connectivity index (χ0n) is 19.4. The van der Waals surface area contributed by atoms with Crippen molar-refractivity contribution >= 4 is 16.7 Å². The average Bonchev–Trinajstić information content (AvgIpc) is 3.37. The van der Waals surface area contributed by atoms with Crippen LogP contribution in [0.3, 0.4) is 0 Å². The average molecular weight is 482 g/mol. The first-order valence-electron chi connectivity index (χ1n) is 11.6. The van der Waals surface area contributed by atoms with E-state index in [1.807, 2.05) is 48.8 Å². The van der Waals surface area contributed by atoms with Crippen LogP contribution in [0.15, 0.2) is 91.4 Å². The van der Waals surface area contributed by atoms with Gasteiger partial charge in [-0.2, -0.15) is 0 Å². The highest BCUT2D eigenvalue weighted by Crippen LogP contribution is 2.24. The molecule has 0 saturated heterocycles. The summed E-state index contributed by atoms with van der Waals surface area (Å²) in [6.07, 6.45) is 5.60. The number of hydrogen-bond acceptors (Lipinski definition) is 5. The van der Waals surface area contributed by atoms with Gasteiger partial charge in [0.2, 0.25) is 0 Å². The second-order valence-corrected chi connectivity index (χ2v) is 8.46. The van der Waals surface area contributed by atoms with E-state index < -0.39 is 11.9 Å². The first kappa shape index (κ1) is 23.3. The molecule has 1 amide bonds. The number of halogens is 1. The van der Waals surface area contributed by atoms with E-state index in [-0.39, 0.29) is 18.9 Å². The van der Waals surface area contributed by atoms with Crippen LogP contribution in [0.4, 0.5) is 4.39 Å². The molecule has 180 valence electrons. The maximum atomic E-state index is 14.4. The number of amides is 1. The Labute approximate surface area is 207 Å². The minimum atomic E-state index is -0.655. The van der Waals surface area contributed by atoms with Crippen LogP contribution in [0.25, 0.3) is 22.0 Å². The van der Waals surface area contributed by atoms with Crippen LogP contribution in [0.5, 0.6) is 0 Å². The fourth-order valence-corrected chi connectivity index (χ4v) is 4.23. The van der Waals surface area contributed by atoms with Gasteiger partial charge in [0.15, 0.2) is 0 Å². The summed E-state index contributed by atoms with van der Waals surface area (Å²) >= 11 is 0. The lowest BCUT2D eigenvalue weighted by Gasteiger charge is -2.20. The summed E-state index contributed by atoms with van der Waals surface area (Å²) in [5.74, 6) is -0.777. The van der Waals surface area contributed by atoms with Gasteiger partial charge in [-0.1, -0.05) is 53.7 Å². The number of carbonyl (C=O) groups excluding carboxylic acids is 1. The number of hydrogen-bond donors (Lipinski definition) is 2. The summed E-state index contributed by atoms with van der Waals surface area (Å²) in [7, 11) is 0. The quantitative estimate of drug-likeness (QED) is 0.340. The van der Waals surface area contributed by atoms with Gasteiger partial charge >= 0.3 is 0 Å². The molecule has 5 aromatic rings. The van der Waals surface area contributed by atoms with Gasteiger partial charge in [0, 0.05) is 41.1 Å². The topological polar surface area (TPSA) is 92.9 Å². The van der Waals surface area contributed by atoms with Gasteiger partial charge in [-0.3, -0.25) is 9.78 Å². The van der Waals surface area contributed by atoms with Crippen LogP contribution in [0.2, 0.25) is 0 Å². The zero-order chi connectivity index (χ0) is 24.9. The normalized spacial score (nSPS) is 11.9. The van der Waals surface area contributed by atoms with Crippen LogP contribution in [0.1, 0.15) is 33.9 Å². The first-order chi connectivity index (χ1) is 17.6. The highest BCUT2D eigenvalue weighted by molar-refractivity contribution is 5.96. The minimum absolute atomic E-state index is 0.187. The van der Waals surface area contributed by atoms with Crippen molar-refractivity contribution in [2.45, 2.75) is 19.0 Å². The first-order valence-corrected chi connectivity index (χ1v) is 11.6. The Bertz CT molecular complexity index is 1520. The molecule has 7 nitrogen and oxygen atoms in total.